The predicted octanol–water partition coefficient (Wildman–Crippen LogP) is 7.75. The molecule has 0 amide bonds. The molecule has 7 heteroatoms. The van der Waals surface area contributed by atoms with Crippen molar-refractivity contribution >= 4 is 12.1 Å². The fourth-order valence-corrected chi connectivity index (χ4v) is 8.85. The Kier molecular flexibility index (Phi) is 17.1. The molecule has 2 aromatic carbocycles. The summed E-state index contributed by atoms with van der Waals surface area (Å²) in [4.78, 5) is 27.9. The molecule has 2 aromatic rings. The minimum absolute atomic E-state index is 0. The number of carbonyl (C=O) groups is 2. The Morgan fingerprint density at radius 2 is 1.25 bits per heavy atom. The van der Waals surface area contributed by atoms with Gasteiger partial charge in [-0.1, -0.05) is 130 Å². The lowest BCUT2D eigenvalue weighted by atomic mass is 9.85. The maximum Gasteiger partial charge on any atom is 0.510 e. The molecule has 3 fully saturated rings. The zero-order valence-corrected chi connectivity index (χ0v) is 31.8. The molecule has 5 rings (SSSR count). The fraction of sp³-hybridized carbons (Fsp3) is 0.591. The van der Waals surface area contributed by atoms with Crippen molar-refractivity contribution in [2.24, 2.45) is 0 Å². The smallest absolute Gasteiger partial charge is 0.510 e. The summed E-state index contributed by atoms with van der Waals surface area (Å²) >= 11 is 0. The van der Waals surface area contributed by atoms with E-state index in [-0.39, 0.29) is 25.1 Å². The summed E-state index contributed by atoms with van der Waals surface area (Å²) in [5, 5.41) is 0. The van der Waals surface area contributed by atoms with Crippen LogP contribution in [0.15, 0.2) is 85.0 Å². The van der Waals surface area contributed by atoms with Gasteiger partial charge in [0, 0.05) is 49.7 Å². The van der Waals surface area contributed by atoms with Crippen LogP contribution in [0.4, 0.5) is 4.79 Å². The maximum atomic E-state index is 14.5. The van der Waals surface area contributed by atoms with Crippen LogP contribution in [0.5, 0.6) is 0 Å². The molecule has 0 radical (unpaired) electrons. The van der Waals surface area contributed by atoms with E-state index in [2.05, 4.69) is 31.2 Å². The van der Waals surface area contributed by atoms with Gasteiger partial charge < -0.3 is 31.1 Å². The monoisotopic (exact) mass is 719 g/mol. The van der Waals surface area contributed by atoms with Gasteiger partial charge in [0.1, 0.15) is 6.10 Å². The lowest BCUT2D eigenvalue weighted by Gasteiger charge is -2.47. The van der Waals surface area contributed by atoms with Crippen LogP contribution in [0.25, 0.3) is 0 Å². The molecule has 51 heavy (non-hydrogen) atoms. The van der Waals surface area contributed by atoms with E-state index in [1.54, 1.807) is 0 Å². The summed E-state index contributed by atoms with van der Waals surface area (Å²) in [6.45, 7) is 5.03. The minimum atomic E-state index is -1.75. The molecule has 1 spiro atoms. The number of esters is 1. The van der Waals surface area contributed by atoms with Crippen molar-refractivity contribution < 1.29 is 40.7 Å². The number of unbranched alkanes of at least 4 members (excludes halogenated alkanes) is 9. The number of piperidine rings is 1. The van der Waals surface area contributed by atoms with Crippen molar-refractivity contribution in [3.63, 3.8) is 0 Å². The molecule has 3 aliphatic rings. The molecule has 2 atom stereocenters. The second-order valence-electron chi connectivity index (χ2n) is 14.8. The fourth-order valence-electron chi connectivity index (χ4n) is 8.85. The van der Waals surface area contributed by atoms with E-state index in [4.69, 9.17) is 14.2 Å². The van der Waals surface area contributed by atoms with E-state index in [9.17, 15) is 9.59 Å². The Labute approximate surface area is 314 Å². The number of rotatable bonds is 20. The average molecular weight is 720 g/mol. The highest BCUT2D eigenvalue weighted by Gasteiger charge is 2.57. The first-order valence-corrected chi connectivity index (χ1v) is 19.9. The zero-order valence-electron chi connectivity index (χ0n) is 31.0. The van der Waals surface area contributed by atoms with E-state index in [0.717, 1.165) is 44.9 Å². The van der Waals surface area contributed by atoms with Crippen LogP contribution < -0.4 is 12.4 Å². The predicted molar refractivity (Wildman–Crippen MR) is 201 cm³/mol. The second-order valence-corrected chi connectivity index (χ2v) is 14.8. The molecule has 0 saturated carbocycles. The number of quaternary nitrogens is 1. The van der Waals surface area contributed by atoms with Crippen LogP contribution in [-0.2, 0) is 24.6 Å². The van der Waals surface area contributed by atoms with Crippen LogP contribution in [0, 0.1) is 0 Å². The lowest BCUT2D eigenvalue weighted by Crippen LogP contribution is -3.00. The Hall–Kier alpha value is -3.09. The van der Waals surface area contributed by atoms with Gasteiger partial charge in [-0.15, -0.1) is 0 Å². The third-order valence-corrected chi connectivity index (χ3v) is 11.5. The zero-order chi connectivity index (χ0) is 34.9. The largest absolute Gasteiger partial charge is 1.00 e. The highest BCUT2D eigenvalue weighted by molar-refractivity contribution is 5.88. The minimum Gasteiger partial charge on any atom is -1.00 e. The van der Waals surface area contributed by atoms with E-state index in [1.807, 2.05) is 60.7 Å². The number of hydrogen-bond donors (Lipinski definition) is 0. The number of allylic oxidation sites excluding steroid dienone is 4. The highest BCUT2D eigenvalue weighted by Crippen LogP contribution is 2.47. The third-order valence-electron chi connectivity index (χ3n) is 11.5. The van der Waals surface area contributed by atoms with Gasteiger partial charge in [-0.25, -0.2) is 9.59 Å². The molecular weight excluding hydrogens is 658 g/mol. The summed E-state index contributed by atoms with van der Waals surface area (Å²) in [5.74, 6) is -0.542. The Morgan fingerprint density at radius 3 is 1.82 bits per heavy atom. The van der Waals surface area contributed by atoms with Crippen LogP contribution in [-0.4, -0.2) is 54.5 Å². The number of nitrogens with zero attached hydrogens (tertiary/aromatic N) is 1. The van der Waals surface area contributed by atoms with E-state index < -0.39 is 17.7 Å². The first-order valence-electron chi connectivity index (χ1n) is 19.9. The van der Waals surface area contributed by atoms with Gasteiger partial charge >= 0.3 is 12.1 Å². The first kappa shape index (κ1) is 40.7. The van der Waals surface area contributed by atoms with Crippen molar-refractivity contribution in [3.05, 3.63) is 96.1 Å². The molecule has 3 saturated heterocycles. The summed E-state index contributed by atoms with van der Waals surface area (Å²) in [7, 11) is 0. The summed E-state index contributed by atoms with van der Waals surface area (Å²) < 4.78 is 19.4. The van der Waals surface area contributed by atoms with Crippen molar-refractivity contribution in [1.82, 2.24) is 0 Å². The molecule has 6 nitrogen and oxygen atoms in total. The van der Waals surface area contributed by atoms with Gasteiger partial charge in [0.15, 0.2) is 0 Å². The van der Waals surface area contributed by atoms with Gasteiger partial charge in [0.05, 0.1) is 31.8 Å². The molecule has 2 unspecified atom stereocenters. The second kappa shape index (κ2) is 21.4. The lowest BCUT2D eigenvalue weighted by molar-refractivity contribution is -0.956. The first-order chi connectivity index (χ1) is 24.6. The normalized spacial score (nSPS) is 20.8. The van der Waals surface area contributed by atoms with E-state index >= 15 is 0 Å². The summed E-state index contributed by atoms with van der Waals surface area (Å²) in [5.41, 5.74) is -0.637. The van der Waals surface area contributed by atoms with Gasteiger partial charge in [0.2, 0.25) is 0 Å². The Morgan fingerprint density at radius 1 is 0.725 bits per heavy atom. The van der Waals surface area contributed by atoms with Gasteiger partial charge in [0.25, 0.3) is 5.60 Å². The Balaban J connectivity index is 0.00000583. The third kappa shape index (κ3) is 11.0. The highest BCUT2D eigenvalue weighted by atomic mass is 35.5. The van der Waals surface area contributed by atoms with Crippen molar-refractivity contribution in [2.75, 3.05) is 19.7 Å². The number of halogens is 1. The van der Waals surface area contributed by atoms with E-state index in [0.29, 0.717) is 23.2 Å². The van der Waals surface area contributed by atoms with Crippen molar-refractivity contribution in [1.29, 1.82) is 0 Å². The van der Waals surface area contributed by atoms with Crippen molar-refractivity contribution in [3.8, 4) is 0 Å². The SMILES string of the molecule is CCCCC/C=C\C/C=C\CCCCCCCCOC(=O)OC(C(=O)OC1CC2CCC(C1)[N+]21CCCC1)(c1ccccc1)c1ccccc1.[Cl-]. The number of carbonyl (C=O) groups excluding carboxylic acids is 2. The maximum absolute atomic E-state index is 14.5. The topological polar surface area (TPSA) is 61.8 Å². The number of benzene rings is 2. The van der Waals surface area contributed by atoms with Gasteiger partial charge in [-0.2, -0.15) is 0 Å². The quantitative estimate of drug-likeness (QED) is 0.0607. The standard InChI is InChI=1S/C44H62NO5.ClH/c1-2-3-4-5-6-7-8-9-10-11-12-13-14-15-16-25-34-48-43(47)50-44(37-26-19-17-20-27-37,38-28-21-18-22-29-38)42(46)49-41-35-39-30-31-40(36-41)45(39)32-23-24-33-45;/h6-7,9-10,17-22,26-29,39-41H,2-5,8,11-16,23-25,30-36H2,1H3;1H/q+1;/p-1/b7-6-,10-9-;. The molecule has 0 aliphatic carbocycles. The molecule has 0 aromatic heterocycles. The molecule has 3 aliphatic heterocycles. The van der Waals surface area contributed by atoms with Crippen LogP contribution >= 0.6 is 0 Å². The van der Waals surface area contributed by atoms with Crippen LogP contribution in [0.2, 0.25) is 0 Å². The average Bonchev–Trinajstić information content (AvgIpc) is 3.69. The van der Waals surface area contributed by atoms with Crippen LogP contribution in [0.1, 0.15) is 134 Å². The Bertz CT molecular complexity index is 1300. The molecule has 0 N–H and O–H groups in total. The molecule has 2 bridgehead atoms. The number of ether oxygens (including phenoxy) is 3. The van der Waals surface area contributed by atoms with Crippen molar-refractivity contribution in [2.45, 2.75) is 146 Å². The molecular formula is C44H62ClNO5. The molecule has 280 valence electrons. The number of hydrogen-bond acceptors (Lipinski definition) is 5. The summed E-state index contributed by atoms with van der Waals surface area (Å²) in [6.07, 6.45) is 28.6. The van der Waals surface area contributed by atoms with Gasteiger partial charge in [-0.3, -0.25) is 0 Å². The molecule has 3 heterocycles. The summed E-state index contributed by atoms with van der Waals surface area (Å²) in [6, 6.07) is 19.7. The van der Waals surface area contributed by atoms with Crippen LogP contribution in [0.3, 0.4) is 0 Å². The van der Waals surface area contributed by atoms with E-state index in [1.165, 1.54) is 88.2 Å². The van der Waals surface area contributed by atoms with Gasteiger partial charge in [-0.05, 0) is 38.5 Å².